The number of hydrogen-bond acceptors (Lipinski definition) is 4. The highest BCUT2D eigenvalue weighted by molar-refractivity contribution is 7.92. The average molecular weight is 525 g/mol. The second kappa shape index (κ2) is 7.84. The van der Waals surface area contributed by atoms with Crippen LogP contribution in [0.15, 0.2) is 47.4 Å². The molecular formula is C22H18F7NO4S. The number of hydrogen-bond donors (Lipinski definition) is 0. The number of likely N-dealkylation sites (tertiary alicyclic amines) is 1. The van der Waals surface area contributed by atoms with Gasteiger partial charge in [0.1, 0.15) is 10.5 Å². The Hall–Kier alpha value is -2.83. The molecule has 0 spiro atoms. The lowest BCUT2D eigenvalue weighted by Gasteiger charge is -2.32. The van der Waals surface area contributed by atoms with Gasteiger partial charge in [0.2, 0.25) is 6.41 Å². The highest BCUT2D eigenvalue weighted by Crippen LogP contribution is 2.57. The molecule has 13 heteroatoms. The number of fused-ring (bicyclic) bond motifs is 3. The summed E-state index contributed by atoms with van der Waals surface area (Å²) in [7, 11) is -2.95. The Morgan fingerprint density at radius 1 is 1.00 bits per heavy atom. The molecular weight excluding hydrogens is 507 g/mol. The zero-order valence-electron chi connectivity index (χ0n) is 18.0. The molecule has 1 aliphatic carbocycles. The fourth-order valence-corrected chi connectivity index (χ4v) is 7.46. The predicted molar refractivity (Wildman–Crippen MR) is 108 cm³/mol. The van der Waals surface area contributed by atoms with Crippen LogP contribution in [0.3, 0.4) is 0 Å². The Kier molecular flexibility index (Phi) is 5.66. The molecule has 1 fully saturated rings. The minimum Gasteiger partial charge on any atom is -0.497 e. The maximum atomic E-state index is 14.7. The molecule has 0 aromatic heterocycles. The number of carbonyl (C=O) groups excluding carboxylic acids is 1. The summed E-state index contributed by atoms with van der Waals surface area (Å²) >= 11 is 0. The third kappa shape index (κ3) is 3.34. The Morgan fingerprint density at radius 3 is 2.11 bits per heavy atom. The smallest absolute Gasteiger partial charge is 0.435 e. The largest absolute Gasteiger partial charge is 0.497 e. The van der Waals surface area contributed by atoms with Gasteiger partial charge in [-0.2, -0.15) is 26.3 Å². The maximum Gasteiger partial charge on any atom is 0.435 e. The molecule has 0 N–H and O–H groups in total. The van der Waals surface area contributed by atoms with Crippen molar-refractivity contribution in [2.75, 3.05) is 13.7 Å². The molecule has 1 amide bonds. The number of carbonyl (C=O) groups is 1. The van der Waals surface area contributed by atoms with Gasteiger partial charge in [0.25, 0.3) is 0 Å². The average Bonchev–Trinajstić information content (AvgIpc) is 3.32. The van der Waals surface area contributed by atoms with Gasteiger partial charge in [-0.25, -0.2) is 12.8 Å². The minimum atomic E-state index is -6.31. The van der Waals surface area contributed by atoms with Gasteiger partial charge in [-0.15, -0.1) is 0 Å². The van der Waals surface area contributed by atoms with Crippen molar-refractivity contribution >= 4 is 16.2 Å². The Bertz CT molecular complexity index is 1240. The van der Waals surface area contributed by atoms with E-state index in [0.717, 1.165) is 11.0 Å². The number of benzene rings is 2. The van der Waals surface area contributed by atoms with E-state index in [-0.39, 0.29) is 35.4 Å². The normalized spacial score (nSPS) is 22.6. The van der Waals surface area contributed by atoms with Gasteiger partial charge in [0, 0.05) is 12.1 Å². The molecule has 1 saturated heterocycles. The SMILES string of the molecule is COc1ccc(S(=O)(=O)C23CCN(C=O)C2Cc2cc(C(F)(C(F)(F)F)C(F)(F)F)ccc23)cc1. The van der Waals surface area contributed by atoms with Crippen LogP contribution in [-0.4, -0.2) is 51.8 Å². The van der Waals surface area contributed by atoms with Gasteiger partial charge < -0.3 is 9.64 Å². The first-order chi connectivity index (χ1) is 16.1. The molecule has 190 valence electrons. The summed E-state index contributed by atoms with van der Waals surface area (Å²) in [6.07, 6.45) is -12.7. The Balaban J connectivity index is 1.92. The van der Waals surface area contributed by atoms with Crippen LogP contribution in [0, 0.1) is 0 Å². The van der Waals surface area contributed by atoms with Crippen LogP contribution in [0.25, 0.3) is 0 Å². The predicted octanol–water partition coefficient (Wildman–Crippen LogP) is 4.44. The third-order valence-corrected chi connectivity index (χ3v) is 9.37. The summed E-state index contributed by atoms with van der Waals surface area (Å²) in [4.78, 5) is 12.6. The maximum absolute atomic E-state index is 14.7. The van der Waals surface area contributed by atoms with E-state index < -0.39 is 44.2 Å². The second-order valence-electron chi connectivity index (χ2n) is 8.41. The first-order valence-corrected chi connectivity index (χ1v) is 11.7. The third-order valence-electron chi connectivity index (χ3n) is 6.82. The van der Waals surface area contributed by atoms with E-state index >= 15 is 0 Å². The number of halogens is 7. The summed E-state index contributed by atoms with van der Waals surface area (Å²) in [5.74, 6) is 0.356. The Morgan fingerprint density at radius 2 is 1.60 bits per heavy atom. The summed E-state index contributed by atoms with van der Waals surface area (Å²) in [6, 6.07) is 5.71. The lowest BCUT2D eigenvalue weighted by molar-refractivity contribution is -0.348. The lowest BCUT2D eigenvalue weighted by Crippen LogP contribution is -2.50. The van der Waals surface area contributed by atoms with Gasteiger partial charge in [0.15, 0.2) is 9.84 Å². The van der Waals surface area contributed by atoms with Gasteiger partial charge >= 0.3 is 18.0 Å². The van der Waals surface area contributed by atoms with Gasteiger partial charge in [-0.3, -0.25) is 4.79 Å². The molecule has 35 heavy (non-hydrogen) atoms. The number of amides is 1. The van der Waals surface area contributed by atoms with Crippen LogP contribution in [-0.2, 0) is 31.5 Å². The molecule has 2 atom stereocenters. The van der Waals surface area contributed by atoms with Crippen molar-refractivity contribution in [1.29, 1.82) is 0 Å². The van der Waals surface area contributed by atoms with Crippen molar-refractivity contribution in [3.8, 4) is 5.75 Å². The summed E-state index contributed by atoms with van der Waals surface area (Å²) < 4.78 is 125. The number of ether oxygens (including phenoxy) is 1. The first-order valence-electron chi connectivity index (χ1n) is 10.2. The molecule has 5 nitrogen and oxygen atoms in total. The van der Waals surface area contributed by atoms with Crippen molar-refractivity contribution in [2.45, 2.75) is 46.5 Å². The number of alkyl halides is 7. The van der Waals surface area contributed by atoms with Crippen LogP contribution < -0.4 is 4.74 Å². The molecule has 2 aliphatic rings. The minimum absolute atomic E-state index is 0.00287. The lowest BCUT2D eigenvalue weighted by atomic mass is 9.90. The van der Waals surface area contributed by atoms with Crippen molar-refractivity contribution in [3.05, 3.63) is 59.2 Å². The zero-order valence-corrected chi connectivity index (χ0v) is 18.8. The van der Waals surface area contributed by atoms with Crippen molar-refractivity contribution in [3.63, 3.8) is 0 Å². The molecule has 2 aromatic rings. The molecule has 4 rings (SSSR count). The Labute approximate surface area is 195 Å². The second-order valence-corrected chi connectivity index (χ2v) is 10.6. The first kappa shape index (κ1) is 25.3. The molecule has 1 heterocycles. The van der Waals surface area contributed by atoms with E-state index in [1.165, 1.54) is 31.4 Å². The van der Waals surface area contributed by atoms with Crippen molar-refractivity contribution in [2.24, 2.45) is 0 Å². The van der Waals surface area contributed by atoms with Crippen molar-refractivity contribution in [1.82, 2.24) is 4.90 Å². The fraction of sp³-hybridized carbons (Fsp3) is 0.409. The van der Waals surface area contributed by atoms with Crippen molar-refractivity contribution < 1.29 is 48.7 Å². The van der Waals surface area contributed by atoms with Crippen LogP contribution >= 0.6 is 0 Å². The number of nitrogens with zero attached hydrogens (tertiary/aromatic N) is 1. The van der Waals surface area contributed by atoms with E-state index in [0.29, 0.717) is 24.3 Å². The van der Waals surface area contributed by atoms with E-state index in [2.05, 4.69) is 0 Å². The fourth-order valence-electron chi connectivity index (χ4n) is 5.12. The van der Waals surface area contributed by atoms with Crippen LogP contribution in [0.5, 0.6) is 5.75 Å². The van der Waals surface area contributed by atoms with E-state index in [4.69, 9.17) is 4.74 Å². The monoisotopic (exact) mass is 525 g/mol. The molecule has 0 bridgehead atoms. The number of methoxy groups -OCH3 is 1. The van der Waals surface area contributed by atoms with Gasteiger partial charge in [-0.1, -0.05) is 18.2 Å². The van der Waals surface area contributed by atoms with Crippen LogP contribution in [0.1, 0.15) is 23.1 Å². The number of rotatable bonds is 5. The molecule has 1 aliphatic heterocycles. The van der Waals surface area contributed by atoms with E-state index in [1.54, 1.807) is 0 Å². The number of sulfone groups is 1. The zero-order chi connectivity index (χ0) is 26.0. The quantitative estimate of drug-likeness (QED) is 0.428. The highest BCUT2D eigenvalue weighted by atomic mass is 32.2. The highest BCUT2D eigenvalue weighted by Gasteiger charge is 2.74. The van der Waals surface area contributed by atoms with Crippen LogP contribution in [0.2, 0.25) is 0 Å². The molecule has 0 radical (unpaired) electrons. The van der Waals surface area contributed by atoms with E-state index in [1.807, 2.05) is 0 Å². The summed E-state index contributed by atoms with van der Waals surface area (Å²) in [5, 5.41) is 0. The molecule has 2 aromatic carbocycles. The molecule has 0 saturated carbocycles. The van der Waals surface area contributed by atoms with E-state index in [9.17, 15) is 43.9 Å². The summed E-state index contributed by atoms with van der Waals surface area (Å²) in [5.41, 5.74) is -7.62. The van der Waals surface area contributed by atoms with Gasteiger partial charge in [0.05, 0.1) is 18.0 Å². The van der Waals surface area contributed by atoms with Gasteiger partial charge in [-0.05, 0) is 48.2 Å². The summed E-state index contributed by atoms with van der Waals surface area (Å²) in [6.45, 7) is 0.00287. The van der Waals surface area contributed by atoms with Crippen LogP contribution in [0.4, 0.5) is 30.7 Å². The topological polar surface area (TPSA) is 63.7 Å². The standard InChI is InChI=1S/C22H18F7NO4S/c1-34-15-3-5-16(6-4-15)35(32,33)19-8-9-30(12-31)18(19)11-13-10-14(2-7-17(13)19)20(23,21(24,25)26)22(27,28)29/h2-7,10,12,18H,8-9,11H2,1H3. The molecule has 2 unspecified atom stereocenters.